The fourth-order valence-corrected chi connectivity index (χ4v) is 4.09. The first kappa shape index (κ1) is 13.2. The van der Waals surface area contributed by atoms with Crippen LogP contribution in [-0.2, 0) is 4.79 Å². The summed E-state index contributed by atoms with van der Waals surface area (Å²) in [5.74, 6) is 0.906. The molecular weight excluding hydrogens is 236 g/mol. The van der Waals surface area contributed by atoms with Crippen LogP contribution in [0.5, 0.6) is 0 Å². The normalized spacial score (nSPS) is 29.9. The summed E-state index contributed by atoms with van der Waals surface area (Å²) in [6, 6.07) is 0. The van der Waals surface area contributed by atoms with E-state index in [1.54, 1.807) is 0 Å². The molecule has 1 unspecified atom stereocenters. The molecule has 19 heavy (non-hydrogen) atoms. The first-order chi connectivity index (χ1) is 9.30. The molecule has 1 spiro atoms. The topological polar surface area (TPSA) is 32.3 Å². The summed E-state index contributed by atoms with van der Waals surface area (Å²) in [6.45, 7) is 2.89. The van der Waals surface area contributed by atoms with Gasteiger partial charge in [0.1, 0.15) is 0 Å². The molecule has 0 bridgehead atoms. The zero-order valence-corrected chi connectivity index (χ0v) is 11.9. The summed E-state index contributed by atoms with van der Waals surface area (Å²) in [6.07, 6.45) is 13.9. The third-order valence-corrected chi connectivity index (χ3v) is 5.17. The number of nitrogens with one attached hydrogen (secondary N) is 1. The highest BCUT2D eigenvalue weighted by Gasteiger charge is 2.42. The molecule has 1 N–H and O–H groups in total. The van der Waals surface area contributed by atoms with Gasteiger partial charge in [-0.3, -0.25) is 4.79 Å². The smallest absolute Gasteiger partial charge is 0.223 e. The number of carbonyl (C=O) groups excluding carboxylic acids is 1. The summed E-state index contributed by atoms with van der Waals surface area (Å²) in [7, 11) is 0. The number of nitrogens with zero attached hydrogens (tertiary/aromatic N) is 1. The van der Waals surface area contributed by atoms with Crippen molar-refractivity contribution in [2.24, 2.45) is 5.92 Å². The molecule has 1 heterocycles. The predicted molar refractivity (Wildman–Crippen MR) is 76.9 cm³/mol. The van der Waals surface area contributed by atoms with Crippen LogP contribution in [0.25, 0.3) is 0 Å². The molecule has 0 aromatic carbocycles. The molecule has 0 aromatic heterocycles. The highest BCUT2D eigenvalue weighted by Crippen LogP contribution is 2.35. The Morgan fingerprint density at radius 3 is 2.89 bits per heavy atom. The van der Waals surface area contributed by atoms with Gasteiger partial charge < -0.3 is 10.2 Å². The van der Waals surface area contributed by atoms with Gasteiger partial charge in [0.25, 0.3) is 0 Å². The van der Waals surface area contributed by atoms with E-state index in [-0.39, 0.29) is 5.54 Å². The van der Waals surface area contributed by atoms with Crippen LogP contribution in [0.4, 0.5) is 0 Å². The van der Waals surface area contributed by atoms with Gasteiger partial charge in [-0.1, -0.05) is 31.4 Å². The number of amides is 1. The lowest BCUT2D eigenvalue weighted by Crippen LogP contribution is -2.63. The van der Waals surface area contributed by atoms with E-state index in [9.17, 15) is 4.79 Å². The van der Waals surface area contributed by atoms with Gasteiger partial charge in [-0.05, 0) is 31.6 Å². The van der Waals surface area contributed by atoms with Crippen molar-refractivity contribution in [3.8, 4) is 0 Å². The van der Waals surface area contributed by atoms with Crippen LogP contribution in [0.2, 0.25) is 0 Å². The molecule has 1 saturated heterocycles. The molecule has 2 fully saturated rings. The monoisotopic (exact) mass is 262 g/mol. The molecule has 106 valence electrons. The quantitative estimate of drug-likeness (QED) is 0.775. The minimum Gasteiger partial charge on any atom is -0.334 e. The number of piperazine rings is 1. The number of allylic oxidation sites excluding steroid dienone is 2. The first-order valence-electron chi connectivity index (χ1n) is 7.98. The van der Waals surface area contributed by atoms with Gasteiger partial charge in [-0.25, -0.2) is 0 Å². The van der Waals surface area contributed by atoms with Crippen molar-refractivity contribution in [3.63, 3.8) is 0 Å². The summed E-state index contributed by atoms with van der Waals surface area (Å²) >= 11 is 0. The lowest BCUT2D eigenvalue weighted by Gasteiger charge is -2.50. The average Bonchev–Trinajstić information content (AvgIpc) is 2.93. The van der Waals surface area contributed by atoms with Crippen LogP contribution >= 0.6 is 0 Å². The maximum absolute atomic E-state index is 12.7. The van der Waals surface area contributed by atoms with E-state index >= 15 is 0 Å². The molecule has 3 aliphatic rings. The predicted octanol–water partition coefficient (Wildman–Crippen LogP) is 2.48. The van der Waals surface area contributed by atoms with E-state index in [1.807, 2.05) is 0 Å². The minimum absolute atomic E-state index is 0.149. The van der Waals surface area contributed by atoms with Crippen LogP contribution in [0, 0.1) is 5.92 Å². The van der Waals surface area contributed by atoms with Crippen LogP contribution in [-0.4, -0.2) is 36.0 Å². The molecule has 3 nitrogen and oxygen atoms in total. The summed E-state index contributed by atoms with van der Waals surface area (Å²) in [4.78, 5) is 14.9. The van der Waals surface area contributed by atoms with Crippen molar-refractivity contribution in [1.29, 1.82) is 0 Å². The molecule has 1 saturated carbocycles. The van der Waals surface area contributed by atoms with Gasteiger partial charge in [0, 0.05) is 26.1 Å². The molecule has 3 heteroatoms. The van der Waals surface area contributed by atoms with E-state index in [4.69, 9.17) is 0 Å². The van der Waals surface area contributed by atoms with E-state index in [2.05, 4.69) is 22.4 Å². The second kappa shape index (κ2) is 5.66. The summed E-state index contributed by atoms with van der Waals surface area (Å²) in [5.41, 5.74) is 0.149. The summed E-state index contributed by atoms with van der Waals surface area (Å²) < 4.78 is 0. The maximum Gasteiger partial charge on any atom is 0.223 e. The zero-order chi connectivity index (χ0) is 13.1. The molecule has 3 rings (SSSR count). The molecule has 1 aliphatic heterocycles. The minimum atomic E-state index is 0.149. The standard InChI is InChI=1S/C16H26N2O/c19-15(12-14-6-2-3-7-14)18-11-10-17-13-16(18)8-4-1-5-9-16/h2,6,14,17H,1,3-5,7-13H2. The fraction of sp³-hybridized carbons (Fsp3) is 0.812. The maximum atomic E-state index is 12.7. The number of hydrogen-bond donors (Lipinski definition) is 1. The Morgan fingerprint density at radius 1 is 1.32 bits per heavy atom. The number of hydrogen-bond acceptors (Lipinski definition) is 2. The molecule has 0 aromatic rings. The van der Waals surface area contributed by atoms with Gasteiger partial charge in [-0.2, -0.15) is 0 Å². The Morgan fingerprint density at radius 2 is 2.16 bits per heavy atom. The Kier molecular flexibility index (Phi) is 3.92. The second-order valence-corrected chi connectivity index (χ2v) is 6.48. The van der Waals surface area contributed by atoms with Gasteiger partial charge in [0.2, 0.25) is 5.91 Å². The lowest BCUT2D eigenvalue weighted by molar-refractivity contribution is -0.141. The second-order valence-electron chi connectivity index (χ2n) is 6.48. The Hall–Kier alpha value is -0.830. The molecule has 1 amide bonds. The zero-order valence-electron chi connectivity index (χ0n) is 11.9. The first-order valence-corrected chi connectivity index (χ1v) is 7.98. The van der Waals surface area contributed by atoms with Crippen molar-refractivity contribution < 1.29 is 4.79 Å². The average molecular weight is 262 g/mol. The van der Waals surface area contributed by atoms with Crippen molar-refractivity contribution >= 4 is 5.91 Å². The Labute approximate surface area is 116 Å². The van der Waals surface area contributed by atoms with Gasteiger partial charge in [-0.15, -0.1) is 0 Å². The van der Waals surface area contributed by atoms with Gasteiger partial charge >= 0.3 is 0 Å². The Bertz CT molecular complexity index is 349. The molecule has 0 radical (unpaired) electrons. The van der Waals surface area contributed by atoms with Crippen molar-refractivity contribution in [2.45, 2.75) is 56.9 Å². The van der Waals surface area contributed by atoms with Crippen molar-refractivity contribution in [2.75, 3.05) is 19.6 Å². The molecular formula is C16H26N2O. The van der Waals surface area contributed by atoms with E-state index in [1.165, 1.54) is 38.5 Å². The van der Waals surface area contributed by atoms with Crippen LogP contribution in [0.15, 0.2) is 12.2 Å². The van der Waals surface area contributed by atoms with Crippen LogP contribution in [0.3, 0.4) is 0 Å². The Balaban J connectivity index is 1.68. The SMILES string of the molecule is O=C(CC1C=CCC1)N1CCNCC12CCCCC2. The van der Waals surface area contributed by atoms with E-state index < -0.39 is 0 Å². The number of rotatable bonds is 2. The van der Waals surface area contributed by atoms with E-state index in [0.717, 1.165) is 32.5 Å². The number of carbonyl (C=O) groups is 1. The molecule has 2 aliphatic carbocycles. The highest BCUT2D eigenvalue weighted by atomic mass is 16.2. The van der Waals surface area contributed by atoms with Gasteiger partial charge in [0.05, 0.1) is 5.54 Å². The van der Waals surface area contributed by atoms with Crippen LogP contribution in [0.1, 0.15) is 51.4 Å². The highest BCUT2D eigenvalue weighted by molar-refractivity contribution is 5.78. The van der Waals surface area contributed by atoms with Gasteiger partial charge in [0.15, 0.2) is 0 Å². The lowest BCUT2D eigenvalue weighted by atomic mass is 9.78. The largest absolute Gasteiger partial charge is 0.334 e. The molecule has 1 atom stereocenters. The van der Waals surface area contributed by atoms with E-state index in [0.29, 0.717) is 11.8 Å². The fourth-order valence-electron chi connectivity index (χ4n) is 4.09. The van der Waals surface area contributed by atoms with Crippen molar-refractivity contribution in [1.82, 2.24) is 10.2 Å². The summed E-state index contributed by atoms with van der Waals surface area (Å²) in [5, 5.41) is 3.52. The van der Waals surface area contributed by atoms with Crippen molar-refractivity contribution in [3.05, 3.63) is 12.2 Å². The van der Waals surface area contributed by atoms with Crippen LogP contribution < -0.4 is 5.32 Å². The third-order valence-electron chi connectivity index (χ3n) is 5.17. The third kappa shape index (κ3) is 2.71.